The summed E-state index contributed by atoms with van der Waals surface area (Å²) in [6.07, 6.45) is 3.41. The van der Waals surface area contributed by atoms with E-state index in [2.05, 4.69) is 18.6 Å². The Morgan fingerprint density at radius 3 is 2.37 bits per heavy atom. The van der Waals surface area contributed by atoms with Gasteiger partial charge in [0, 0.05) is 0 Å². The molecular formula is C15H26O4. The molecule has 110 valence electrons. The van der Waals surface area contributed by atoms with Crippen molar-refractivity contribution in [3.8, 4) is 0 Å². The van der Waals surface area contributed by atoms with Crippen molar-refractivity contribution in [3.05, 3.63) is 0 Å². The minimum atomic E-state index is -0.866. The molecule has 0 aromatic rings. The van der Waals surface area contributed by atoms with Crippen molar-refractivity contribution in [1.82, 2.24) is 0 Å². The van der Waals surface area contributed by atoms with Crippen molar-refractivity contribution in [2.45, 2.75) is 66.4 Å². The molecule has 0 spiro atoms. The van der Waals surface area contributed by atoms with E-state index in [1.807, 2.05) is 6.92 Å². The van der Waals surface area contributed by atoms with Crippen LogP contribution < -0.4 is 0 Å². The predicted octanol–water partition coefficient (Wildman–Crippen LogP) is 3.93. The number of hydrogen-bond acceptors (Lipinski definition) is 4. The maximum atomic E-state index is 11.5. The highest BCUT2D eigenvalue weighted by Crippen LogP contribution is 2.40. The summed E-state index contributed by atoms with van der Waals surface area (Å²) < 4.78 is 9.85. The molecule has 0 aromatic carbocycles. The lowest BCUT2D eigenvalue weighted by Gasteiger charge is -2.37. The molecule has 0 radical (unpaired) electrons. The van der Waals surface area contributed by atoms with Crippen LogP contribution in [0.1, 0.15) is 60.3 Å². The van der Waals surface area contributed by atoms with Crippen molar-refractivity contribution in [1.29, 1.82) is 0 Å². The minimum Gasteiger partial charge on any atom is -0.431 e. The molecule has 2 atom stereocenters. The van der Waals surface area contributed by atoms with Gasteiger partial charge in [-0.2, -0.15) is 0 Å². The van der Waals surface area contributed by atoms with Crippen LogP contribution in [0.15, 0.2) is 0 Å². The average molecular weight is 270 g/mol. The predicted molar refractivity (Wildman–Crippen MR) is 72.6 cm³/mol. The van der Waals surface area contributed by atoms with Crippen LogP contribution in [0.3, 0.4) is 0 Å². The van der Waals surface area contributed by atoms with Crippen molar-refractivity contribution < 1.29 is 19.1 Å². The van der Waals surface area contributed by atoms with Gasteiger partial charge in [0.2, 0.25) is 0 Å². The first-order valence-electron chi connectivity index (χ1n) is 7.13. The lowest BCUT2D eigenvalue weighted by molar-refractivity contribution is -0.144. The zero-order chi connectivity index (χ0) is 14.6. The number of hydrogen-bond donors (Lipinski definition) is 0. The fraction of sp³-hybridized carbons (Fsp3) is 0.867. The van der Waals surface area contributed by atoms with E-state index in [1.165, 1.54) is 6.42 Å². The number of rotatable bonds is 3. The van der Waals surface area contributed by atoms with Gasteiger partial charge in [0.1, 0.15) is 6.10 Å². The molecule has 0 aromatic heterocycles. The summed E-state index contributed by atoms with van der Waals surface area (Å²) in [5.41, 5.74) is 0.304. The molecule has 1 aliphatic carbocycles. The van der Waals surface area contributed by atoms with Gasteiger partial charge >= 0.3 is 12.1 Å². The third kappa shape index (κ3) is 5.21. The molecule has 0 N–H and O–H groups in total. The summed E-state index contributed by atoms with van der Waals surface area (Å²) in [6.45, 7) is 9.73. The van der Waals surface area contributed by atoms with Gasteiger partial charge in [-0.05, 0) is 37.5 Å². The molecule has 19 heavy (non-hydrogen) atoms. The number of carbonyl (C=O) groups is 2. The van der Waals surface area contributed by atoms with E-state index >= 15 is 0 Å². The van der Waals surface area contributed by atoms with Crippen molar-refractivity contribution in [2.75, 3.05) is 0 Å². The number of esters is 1. The molecule has 0 saturated heterocycles. The normalized spacial score (nSPS) is 23.8. The van der Waals surface area contributed by atoms with E-state index in [0.29, 0.717) is 11.3 Å². The Kier molecular flexibility index (Phi) is 5.39. The Balaban J connectivity index is 2.44. The third-order valence-corrected chi connectivity index (χ3v) is 3.84. The fourth-order valence-corrected chi connectivity index (χ4v) is 2.63. The van der Waals surface area contributed by atoms with E-state index < -0.39 is 12.1 Å². The Hall–Kier alpha value is -1.06. The quantitative estimate of drug-likeness (QED) is 0.576. The molecule has 1 aliphatic rings. The van der Waals surface area contributed by atoms with E-state index in [0.717, 1.165) is 19.3 Å². The topological polar surface area (TPSA) is 52.6 Å². The monoisotopic (exact) mass is 270 g/mol. The van der Waals surface area contributed by atoms with E-state index in [4.69, 9.17) is 4.74 Å². The first-order chi connectivity index (χ1) is 8.71. The Labute approximate surface area is 115 Å². The molecule has 1 fully saturated rings. The highest BCUT2D eigenvalue weighted by Gasteiger charge is 2.33. The van der Waals surface area contributed by atoms with Gasteiger partial charge in [-0.3, -0.25) is 4.79 Å². The van der Waals surface area contributed by atoms with Crippen LogP contribution in [0.2, 0.25) is 0 Å². The summed E-state index contributed by atoms with van der Waals surface area (Å²) >= 11 is 0. The Morgan fingerprint density at radius 2 is 1.84 bits per heavy atom. The van der Waals surface area contributed by atoms with Crippen molar-refractivity contribution >= 4 is 12.1 Å². The van der Waals surface area contributed by atoms with Crippen LogP contribution in [-0.4, -0.2) is 18.2 Å². The second-order valence-corrected chi connectivity index (χ2v) is 6.67. The van der Waals surface area contributed by atoms with E-state index in [-0.39, 0.29) is 12.0 Å². The molecule has 4 nitrogen and oxygen atoms in total. The maximum absolute atomic E-state index is 11.5. The standard InChI is InChI=1S/C15H26O4/c1-10(2)13(16)19-14(17)18-11(3)12-7-6-8-15(4,5)9-12/h10-12H,6-9H2,1-5H3/t11-,12?/m1/s1. The van der Waals surface area contributed by atoms with Gasteiger partial charge in [-0.1, -0.05) is 34.1 Å². The van der Waals surface area contributed by atoms with Gasteiger partial charge in [0.25, 0.3) is 0 Å². The molecule has 1 rings (SSSR count). The Morgan fingerprint density at radius 1 is 1.21 bits per heavy atom. The molecule has 4 heteroatoms. The first-order valence-corrected chi connectivity index (χ1v) is 7.13. The molecule has 1 saturated carbocycles. The number of carbonyl (C=O) groups excluding carboxylic acids is 2. The lowest BCUT2D eigenvalue weighted by atomic mass is 9.71. The molecule has 1 unspecified atom stereocenters. The first kappa shape index (κ1) is 16.0. The second kappa shape index (κ2) is 6.40. The van der Waals surface area contributed by atoms with Crippen molar-refractivity contribution in [3.63, 3.8) is 0 Å². The number of ether oxygens (including phenoxy) is 2. The van der Waals surface area contributed by atoms with E-state index in [9.17, 15) is 9.59 Å². The smallest absolute Gasteiger partial charge is 0.431 e. The average Bonchev–Trinajstić information content (AvgIpc) is 2.27. The molecule has 0 bridgehead atoms. The maximum Gasteiger partial charge on any atom is 0.516 e. The van der Waals surface area contributed by atoms with Gasteiger partial charge in [-0.25, -0.2) is 4.79 Å². The highest BCUT2D eigenvalue weighted by atomic mass is 16.7. The van der Waals surface area contributed by atoms with Gasteiger partial charge in [-0.15, -0.1) is 0 Å². The second-order valence-electron chi connectivity index (χ2n) is 6.67. The minimum absolute atomic E-state index is 0.202. The largest absolute Gasteiger partial charge is 0.516 e. The van der Waals surface area contributed by atoms with Crippen LogP contribution in [0, 0.1) is 17.3 Å². The SMILES string of the molecule is CC(C)C(=O)OC(=O)O[C@H](C)C1CCCC(C)(C)C1. The van der Waals surface area contributed by atoms with Gasteiger partial charge in [0.05, 0.1) is 5.92 Å². The molecular weight excluding hydrogens is 244 g/mol. The Bertz CT molecular complexity index is 333. The zero-order valence-corrected chi connectivity index (χ0v) is 12.7. The van der Waals surface area contributed by atoms with E-state index in [1.54, 1.807) is 13.8 Å². The molecule has 0 aliphatic heterocycles. The summed E-state index contributed by atoms with van der Waals surface area (Å²) in [7, 11) is 0. The molecule has 0 amide bonds. The summed E-state index contributed by atoms with van der Waals surface area (Å²) in [5.74, 6) is -0.511. The van der Waals surface area contributed by atoms with Crippen LogP contribution >= 0.6 is 0 Å². The molecule has 0 heterocycles. The van der Waals surface area contributed by atoms with Gasteiger partial charge in [0.15, 0.2) is 0 Å². The third-order valence-electron chi connectivity index (χ3n) is 3.84. The van der Waals surface area contributed by atoms with Crippen LogP contribution in [0.25, 0.3) is 0 Å². The van der Waals surface area contributed by atoms with Crippen LogP contribution in [0.5, 0.6) is 0 Å². The highest BCUT2D eigenvalue weighted by molar-refractivity contribution is 5.82. The summed E-state index contributed by atoms with van der Waals surface area (Å²) in [5, 5.41) is 0. The van der Waals surface area contributed by atoms with Crippen LogP contribution in [0.4, 0.5) is 4.79 Å². The zero-order valence-electron chi connectivity index (χ0n) is 12.7. The summed E-state index contributed by atoms with van der Waals surface area (Å²) in [4.78, 5) is 22.8. The van der Waals surface area contributed by atoms with Crippen LogP contribution in [-0.2, 0) is 14.3 Å². The fourth-order valence-electron chi connectivity index (χ4n) is 2.63. The summed E-state index contributed by atoms with van der Waals surface area (Å²) in [6, 6.07) is 0. The van der Waals surface area contributed by atoms with Gasteiger partial charge < -0.3 is 9.47 Å². The van der Waals surface area contributed by atoms with Crippen molar-refractivity contribution in [2.24, 2.45) is 17.3 Å². The lowest BCUT2D eigenvalue weighted by Crippen LogP contribution is -2.33.